The number of nitrogens with zero attached hydrogens (tertiary/aromatic N) is 5. The third-order valence-electron chi connectivity index (χ3n) is 5.56. The van der Waals surface area contributed by atoms with Crippen molar-refractivity contribution in [2.75, 3.05) is 32.7 Å². The Bertz CT molecular complexity index is 1010. The van der Waals surface area contributed by atoms with Crippen molar-refractivity contribution in [3.05, 3.63) is 88.5 Å². The lowest BCUT2D eigenvalue weighted by molar-refractivity contribution is 0.110. The van der Waals surface area contributed by atoms with E-state index in [1.54, 1.807) is 0 Å². The Labute approximate surface area is 183 Å². The summed E-state index contributed by atoms with van der Waals surface area (Å²) in [5.41, 5.74) is 2.50. The highest BCUT2D eigenvalue weighted by molar-refractivity contribution is 7.71. The van der Waals surface area contributed by atoms with Gasteiger partial charge in [0.25, 0.3) is 0 Å². The lowest BCUT2D eigenvalue weighted by Crippen LogP contribution is -2.46. The van der Waals surface area contributed by atoms with Crippen LogP contribution in [0.15, 0.2) is 66.7 Å². The summed E-state index contributed by atoms with van der Waals surface area (Å²) in [6.07, 6.45) is 4.46. The fraction of sp³-hybridized carbons (Fsp3) is 0.333. The van der Waals surface area contributed by atoms with Crippen LogP contribution in [0.5, 0.6) is 0 Å². The molecule has 0 radical (unpaired) electrons. The first-order chi connectivity index (χ1) is 14.7. The molecule has 0 N–H and O–H groups in total. The van der Waals surface area contributed by atoms with Crippen molar-refractivity contribution in [1.29, 1.82) is 0 Å². The molecule has 0 aliphatic carbocycles. The predicted molar refractivity (Wildman–Crippen MR) is 125 cm³/mol. The highest BCUT2D eigenvalue weighted by atomic mass is 32.1. The van der Waals surface area contributed by atoms with Crippen molar-refractivity contribution in [3.8, 4) is 0 Å². The largest absolute Gasteiger partial charge is 0.300 e. The summed E-state index contributed by atoms with van der Waals surface area (Å²) in [4.78, 5) is 4.93. The van der Waals surface area contributed by atoms with E-state index in [0.29, 0.717) is 0 Å². The standard InChI is InChI=1S/C24H29N5S/c1-21-25-29(24(30)28(21)19-23-11-6-3-7-12-23)20-27-17-15-26(16-18-27)14-8-13-22-9-4-2-5-10-22/h2-13H,14-20H2,1H3/b13-8+. The fourth-order valence-corrected chi connectivity index (χ4v) is 4.09. The van der Waals surface area contributed by atoms with E-state index in [0.717, 1.165) is 56.5 Å². The molecule has 2 heterocycles. The number of piperazine rings is 1. The average molecular weight is 420 g/mol. The van der Waals surface area contributed by atoms with Gasteiger partial charge in [0.1, 0.15) is 5.82 Å². The summed E-state index contributed by atoms with van der Waals surface area (Å²) in [5.74, 6) is 0.966. The van der Waals surface area contributed by atoms with Gasteiger partial charge in [-0.3, -0.25) is 14.4 Å². The summed E-state index contributed by atoms with van der Waals surface area (Å²) in [6.45, 7) is 8.75. The summed E-state index contributed by atoms with van der Waals surface area (Å²) < 4.78 is 4.89. The van der Waals surface area contributed by atoms with Crippen LogP contribution in [-0.2, 0) is 13.2 Å². The highest BCUT2D eigenvalue weighted by Gasteiger charge is 2.17. The maximum Gasteiger partial charge on any atom is 0.199 e. The summed E-state index contributed by atoms with van der Waals surface area (Å²) in [7, 11) is 0. The van der Waals surface area contributed by atoms with E-state index < -0.39 is 0 Å². The van der Waals surface area contributed by atoms with Gasteiger partial charge in [0.05, 0.1) is 13.2 Å². The van der Waals surface area contributed by atoms with Crippen LogP contribution in [0.3, 0.4) is 0 Å². The maximum atomic E-state index is 5.72. The molecule has 5 nitrogen and oxygen atoms in total. The smallest absolute Gasteiger partial charge is 0.199 e. The zero-order valence-electron chi connectivity index (χ0n) is 17.5. The first-order valence-corrected chi connectivity index (χ1v) is 10.9. The molecular formula is C24H29N5S. The second-order valence-corrected chi connectivity index (χ2v) is 8.14. The Morgan fingerprint density at radius 2 is 1.53 bits per heavy atom. The second-order valence-electron chi connectivity index (χ2n) is 7.77. The van der Waals surface area contributed by atoms with E-state index in [2.05, 4.69) is 81.1 Å². The first-order valence-electron chi connectivity index (χ1n) is 10.5. The minimum Gasteiger partial charge on any atom is -0.300 e. The van der Waals surface area contributed by atoms with Gasteiger partial charge in [-0.2, -0.15) is 5.10 Å². The molecule has 1 aliphatic rings. The Balaban J connectivity index is 1.29. The third-order valence-corrected chi connectivity index (χ3v) is 5.99. The summed E-state index contributed by atoms with van der Waals surface area (Å²) in [5, 5.41) is 4.71. The normalized spacial score (nSPS) is 15.8. The molecule has 0 bridgehead atoms. The van der Waals surface area contributed by atoms with Crippen LogP contribution >= 0.6 is 12.2 Å². The minimum atomic E-state index is 0.759. The van der Waals surface area contributed by atoms with Crippen LogP contribution in [0.4, 0.5) is 0 Å². The van der Waals surface area contributed by atoms with Gasteiger partial charge < -0.3 is 0 Å². The van der Waals surface area contributed by atoms with E-state index >= 15 is 0 Å². The Hall–Kier alpha value is -2.54. The Morgan fingerprint density at radius 1 is 0.900 bits per heavy atom. The van der Waals surface area contributed by atoms with Crippen molar-refractivity contribution in [3.63, 3.8) is 0 Å². The number of aromatic nitrogens is 3. The van der Waals surface area contributed by atoms with Crippen LogP contribution in [0.1, 0.15) is 17.0 Å². The molecule has 1 saturated heterocycles. The molecule has 3 aromatic rings. The molecule has 30 heavy (non-hydrogen) atoms. The van der Waals surface area contributed by atoms with Gasteiger partial charge in [-0.1, -0.05) is 72.8 Å². The Kier molecular flexibility index (Phi) is 6.89. The van der Waals surface area contributed by atoms with Crippen LogP contribution < -0.4 is 0 Å². The molecule has 1 fully saturated rings. The van der Waals surface area contributed by atoms with E-state index in [1.807, 2.05) is 17.7 Å². The topological polar surface area (TPSA) is 29.2 Å². The molecule has 156 valence electrons. The van der Waals surface area contributed by atoms with Gasteiger partial charge in [0.2, 0.25) is 0 Å². The molecule has 1 aliphatic heterocycles. The second kappa shape index (κ2) is 9.98. The van der Waals surface area contributed by atoms with Crippen LogP contribution in [0, 0.1) is 11.7 Å². The van der Waals surface area contributed by atoms with Crippen molar-refractivity contribution in [2.45, 2.75) is 20.1 Å². The van der Waals surface area contributed by atoms with Crippen molar-refractivity contribution < 1.29 is 0 Å². The quantitative estimate of drug-likeness (QED) is 0.540. The van der Waals surface area contributed by atoms with Gasteiger partial charge in [-0.25, -0.2) is 4.68 Å². The van der Waals surface area contributed by atoms with Crippen molar-refractivity contribution in [1.82, 2.24) is 24.1 Å². The van der Waals surface area contributed by atoms with Crippen LogP contribution in [0.2, 0.25) is 0 Å². The molecule has 0 spiro atoms. The molecule has 1 aromatic heterocycles. The molecule has 4 rings (SSSR count). The predicted octanol–water partition coefficient (Wildman–Crippen LogP) is 4.06. The molecule has 2 aromatic carbocycles. The fourth-order valence-electron chi connectivity index (χ4n) is 3.79. The van der Waals surface area contributed by atoms with Gasteiger partial charge in [-0.05, 0) is 30.3 Å². The number of hydrogen-bond acceptors (Lipinski definition) is 4. The zero-order valence-corrected chi connectivity index (χ0v) is 18.3. The van der Waals surface area contributed by atoms with Crippen LogP contribution in [-0.4, -0.2) is 56.9 Å². The van der Waals surface area contributed by atoms with Gasteiger partial charge in [0, 0.05) is 32.7 Å². The van der Waals surface area contributed by atoms with E-state index in [4.69, 9.17) is 17.3 Å². The highest BCUT2D eigenvalue weighted by Crippen LogP contribution is 2.10. The first kappa shape index (κ1) is 20.7. The maximum absolute atomic E-state index is 5.72. The third kappa shape index (κ3) is 5.33. The average Bonchev–Trinajstić information content (AvgIpc) is 3.04. The molecule has 0 atom stereocenters. The van der Waals surface area contributed by atoms with E-state index in [1.165, 1.54) is 11.1 Å². The lowest BCUT2D eigenvalue weighted by atomic mass is 10.2. The molecular weight excluding hydrogens is 390 g/mol. The summed E-state index contributed by atoms with van der Waals surface area (Å²) >= 11 is 5.72. The minimum absolute atomic E-state index is 0.759. The van der Waals surface area contributed by atoms with E-state index in [9.17, 15) is 0 Å². The number of hydrogen-bond donors (Lipinski definition) is 0. The van der Waals surface area contributed by atoms with Crippen molar-refractivity contribution in [2.24, 2.45) is 0 Å². The zero-order chi connectivity index (χ0) is 20.8. The lowest BCUT2D eigenvalue weighted by Gasteiger charge is -2.33. The van der Waals surface area contributed by atoms with Gasteiger partial charge >= 0.3 is 0 Å². The molecule has 0 amide bonds. The SMILES string of the molecule is Cc1nn(CN2CCN(C/C=C/c3ccccc3)CC2)c(=S)n1Cc1ccccc1. The van der Waals surface area contributed by atoms with Gasteiger partial charge in [0.15, 0.2) is 4.77 Å². The molecule has 6 heteroatoms. The Morgan fingerprint density at radius 3 is 2.23 bits per heavy atom. The van der Waals surface area contributed by atoms with Crippen molar-refractivity contribution >= 4 is 18.3 Å². The van der Waals surface area contributed by atoms with Gasteiger partial charge in [-0.15, -0.1) is 0 Å². The summed E-state index contributed by atoms with van der Waals surface area (Å²) in [6, 6.07) is 20.9. The van der Waals surface area contributed by atoms with Crippen LogP contribution in [0.25, 0.3) is 6.08 Å². The monoisotopic (exact) mass is 419 g/mol. The van der Waals surface area contributed by atoms with E-state index in [-0.39, 0.29) is 0 Å². The molecule has 0 saturated carbocycles. The molecule has 0 unspecified atom stereocenters. The number of rotatable bonds is 7. The number of benzene rings is 2. The number of aryl methyl sites for hydroxylation is 1.